The van der Waals surface area contributed by atoms with Crippen LogP contribution in [0.1, 0.15) is 29.8 Å². The zero-order chi connectivity index (χ0) is 23.6. The Morgan fingerprint density at radius 3 is 2.30 bits per heavy atom. The minimum absolute atomic E-state index is 0.0552. The topological polar surface area (TPSA) is 91.0 Å². The summed E-state index contributed by atoms with van der Waals surface area (Å²) in [5.74, 6) is 0.217. The highest BCUT2D eigenvalue weighted by atomic mass is 16.5. The van der Waals surface area contributed by atoms with Crippen LogP contribution in [0.4, 0.5) is 5.69 Å². The van der Waals surface area contributed by atoms with E-state index in [0.717, 1.165) is 17.7 Å². The van der Waals surface area contributed by atoms with Crippen molar-refractivity contribution < 1.29 is 19.1 Å². The number of hydrogen-bond donors (Lipinski definition) is 2. The Kier molecular flexibility index (Phi) is 8.83. The lowest BCUT2D eigenvalue weighted by Gasteiger charge is -2.34. The molecule has 0 spiro atoms. The highest BCUT2D eigenvalue weighted by Crippen LogP contribution is 2.15. The van der Waals surface area contributed by atoms with Crippen LogP contribution in [-0.2, 0) is 16.0 Å². The summed E-state index contributed by atoms with van der Waals surface area (Å²) in [6.45, 7) is 7.02. The van der Waals surface area contributed by atoms with Gasteiger partial charge in [-0.1, -0.05) is 25.1 Å². The van der Waals surface area contributed by atoms with Crippen molar-refractivity contribution in [3.8, 4) is 5.75 Å². The molecular weight excluding hydrogens is 420 g/mol. The lowest BCUT2D eigenvalue weighted by molar-refractivity contribution is -0.132. The molecule has 0 unspecified atom stereocenters. The lowest BCUT2D eigenvalue weighted by atomic mass is 10.1. The van der Waals surface area contributed by atoms with E-state index in [1.165, 1.54) is 0 Å². The van der Waals surface area contributed by atoms with Crippen molar-refractivity contribution in [2.45, 2.75) is 20.3 Å². The number of carbonyl (C=O) groups excluding carboxylic acids is 3. The van der Waals surface area contributed by atoms with Crippen molar-refractivity contribution in [3.63, 3.8) is 0 Å². The number of nitrogens with one attached hydrogen (secondary N) is 2. The summed E-state index contributed by atoms with van der Waals surface area (Å²) >= 11 is 0. The zero-order valence-corrected chi connectivity index (χ0v) is 19.3. The fourth-order valence-electron chi connectivity index (χ4n) is 3.74. The summed E-state index contributed by atoms with van der Waals surface area (Å²) in [4.78, 5) is 41.0. The van der Waals surface area contributed by atoms with Gasteiger partial charge in [0.15, 0.2) is 0 Å². The van der Waals surface area contributed by atoms with Gasteiger partial charge in [-0.2, -0.15) is 0 Å². The molecule has 1 heterocycles. The summed E-state index contributed by atoms with van der Waals surface area (Å²) in [6.07, 6.45) is 0.854. The maximum Gasteiger partial charge on any atom is 0.251 e. The SMILES string of the molecule is CCOc1ccc(C(=O)NCC(=O)N2CCN(CC(=O)Nc3ccccc3CC)CC2)cc1. The summed E-state index contributed by atoms with van der Waals surface area (Å²) in [5.41, 5.74) is 2.43. The summed E-state index contributed by atoms with van der Waals surface area (Å²) in [6, 6.07) is 14.6. The van der Waals surface area contributed by atoms with Gasteiger partial charge in [0.05, 0.1) is 19.7 Å². The van der Waals surface area contributed by atoms with E-state index in [9.17, 15) is 14.4 Å². The number of benzene rings is 2. The average Bonchev–Trinajstić information content (AvgIpc) is 2.83. The van der Waals surface area contributed by atoms with E-state index in [1.807, 2.05) is 36.1 Å². The Bertz CT molecular complexity index is 953. The molecule has 1 aliphatic rings. The van der Waals surface area contributed by atoms with Gasteiger partial charge in [0, 0.05) is 37.4 Å². The van der Waals surface area contributed by atoms with Gasteiger partial charge in [0.2, 0.25) is 11.8 Å². The van der Waals surface area contributed by atoms with E-state index in [0.29, 0.717) is 44.1 Å². The standard InChI is InChI=1S/C25H32N4O4/c1-3-19-7-5-6-8-22(19)27-23(30)18-28-13-15-29(16-14-28)24(31)17-26-25(32)20-9-11-21(12-10-20)33-4-2/h5-12H,3-4,13-18H2,1-2H3,(H,26,32)(H,27,30). The van der Waals surface area contributed by atoms with Gasteiger partial charge in [-0.15, -0.1) is 0 Å². The van der Waals surface area contributed by atoms with Crippen LogP contribution in [-0.4, -0.2) is 73.4 Å². The van der Waals surface area contributed by atoms with E-state index >= 15 is 0 Å². The van der Waals surface area contributed by atoms with Gasteiger partial charge in [0.25, 0.3) is 5.91 Å². The van der Waals surface area contributed by atoms with Crippen molar-refractivity contribution in [1.29, 1.82) is 0 Å². The van der Waals surface area contributed by atoms with Gasteiger partial charge in [-0.25, -0.2) is 0 Å². The van der Waals surface area contributed by atoms with E-state index in [4.69, 9.17) is 4.74 Å². The minimum Gasteiger partial charge on any atom is -0.494 e. The summed E-state index contributed by atoms with van der Waals surface area (Å²) < 4.78 is 5.37. The Hall–Kier alpha value is -3.39. The molecule has 0 bridgehead atoms. The molecule has 3 amide bonds. The molecule has 2 N–H and O–H groups in total. The van der Waals surface area contributed by atoms with E-state index in [1.54, 1.807) is 29.2 Å². The molecule has 0 saturated carbocycles. The maximum atomic E-state index is 12.5. The Morgan fingerprint density at radius 2 is 1.64 bits per heavy atom. The predicted molar refractivity (Wildman–Crippen MR) is 127 cm³/mol. The molecule has 176 valence electrons. The van der Waals surface area contributed by atoms with Gasteiger partial charge in [-0.05, 0) is 49.2 Å². The zero-order valence-electron chi connectivity index (χ0n) is 19.3. The predicted octanol–water partition coefficient (Wildman–Crippen LogP) is 2.16. The number of piperazine rings is 1. The Balaban J connectivity index is 1.39. The van der Waals surface area contributed by atoms with Crippen LogP contribution in [0.2, 0.25) is 0 Å². The van der Waals surface area contributed by atoms with Crippen LogP contribution in [0.3, 0.4) is 0 Å². The number of ether oxygens (including phenoxy) is 1. The molecule has 1 fully saturated rings. The van der Waals surface area contributed by atoms with Crippen molar-refractivity contribution in [2.24, 2.45) is 0 Å². The highest BCUT2D eigenvalue weighted by molar-refractivity contribution is 5.96. The number of hydrogen-bond acceptors (Lipinski definition) is 5. The number of rotatable bonds is 9. The molecule has 8 heteroatoms. The van der Waals surface area contributed by atoms with Crippen molar-refractivity contribution in [1.82, 2.24) is 15.1 Å². The molecule has 2 aromatic rings. The average molecular weight is 453 g/mol. The van der Waals surface area contributed by atoms with Gasteiger partial charge < -0.3 is 20.3 Å². The number of anilines is 1. The Labute approximate surface area is 194 Å². The molecule has 1 saturated heterocycles. The fourth-order valence-corrected chi connectivity index (χ4v) is 3.74. The molecule has 0 radical (unpaired) electrons. The van der Waals surface area contributed by atoms with Crippen molar-refractivity contribution in [2.75, 3.05) is 51.2 Å². The first kappa shape index (κ1) is 24.3. The number of para-hydroxylation sites is 1. The first-order valence-electron chi connectivity index (χ1n) is 11.4. The molecular formula is C25H32N4O4. The largest absolute Gasteiger partial charge is 0.494 e. The normalized spacial score (nSPS) is 13.9. The van der Waals surface area contributed by atoms with E-state index < -0.39 is 0 Å². The fraction of sp³-hybridized carbons (Fsp3) is 0.400. The third-order valence-corrected chi connectivity index (χ3v) is 5.59. The molecule has 2 aromatic carbocycles. The highest BCUT2D eigenvalue weighted by Gasteiger charge is 2.23. The van der Waals surface area contributed by atoms with Gasteiger partial charge in [0.1, 0.15) is 5.75 Å². The lowest BCUT2D eigenvalue weighted by Crippen LogP contribution is -2.52. The molecule has 33 heavy (non-hydrogen) atoms. The smallest absolute Gasteiger partial charge is 0.251 e. The molecule has 8 nitrogen and oxygen atoms in total. The van der Waals surface area contributed by atoms with Crippen LogP contribution < -0.4 is 15.4 Å². The number of amides is 3. The molecule has 3 rings (SSSR count). The van der Waals surface area contributed by atoms with Crippen molar-refractivity contribution >= 4 is 23.4 Å². The van der Waals surface area contributed by atoms with E-state index in [2.05, 4.69) is 17.6 Å². The van der Waals surface area contributed by atoms with Crippen LogP contribution >= 0.6 is 0 Å². The third kappa shape index (κ3) is 7.05. The third-order valence-electron chi connectivity index (χ3n) is 5.59. The second-order valence-electron chi connectivity index (χ2n) is 7.86. The van der Waals surface area contributed by atoms with Crippen molar-refractivity contribution in [3.05, 3.63) is 59.7 Å². The maximum absolute atomic E-state index is 12.5. The molecule has 0 aromatic heterocycles. The van der Waals surface area contributed by atoms with Gasteiger partial charge in [-0.3, -0.25) is 19.3 Å². The van der Waals surface area contributed by atoms with Crippen LogP contribution in [0.25, 0.3) is 0 Å². The second kappa shape index (κ2) is 12.0. The first-order valence-corrected chi connectivity index (χ1v) is 11.4. The molecule has 1 aliphatic heterocycles. The quantitative estimate of drug-likeness (QED) is 0.609. The van der Waals surface area contributed by atoms with Crippen LogP contribution in [0, 0.1) is 0 Å². The number of carbonyl (C=O) groups is 3. The monoisotopic (exact) mass is 452 g/mol. The molecule has 0 atom stereocenters. The number of aryl methyl sites for hydroxylation is 1. The second-order valence-corrected chi connectivity index (χ2v) is 7.86. The first-order chi connectivity index (χ1) is 16.0. The van der Waals surface area contributed by atoms with E-state index in [-0.39, 0.29) is 30.8 Å². The Morgan fingerprint density at radius 1 is 0.939 bits per heavy atom. The summed E-state index contributed by atoms with van der Waals surface area (Å²) in [7, 11) is 0. The molecule has 0 aliphatic carbocycles. The van der Waals surface area contributed by atoms with Crippen LogP contribution in [0.15, 0.2) is 48.5 Å². The minimum atomic E-state index is -0.297. The van der Waals surface area contributed by atoms with Gasteiger partial charge >= 0.3 is 0 Å². The number of nitrogens with zero attached hydrogens (tertiary/aromatic N) is 2. The summed E-state index contributed by atoms with van der Waals surface area (Å²) in [5, 5.41) is 5.67. The van der Waals surface area contributed by atoms with Crippen LogP contribution in [0.5, 0.6) is 5.75 Å².